The second-order valence-electron chi connectivity index (χ2n) is 7.15. The van der Waals surface area contributed by atoms with Crippen LogP contribution in [-0.4, -0.2) is 63.9 Å². The summed E-state index contributed by atoms with van der Waals surface area (Å²) in [6, 6.07) is 15.5. The highest BCUT2D eigenvalue weighted by Crippen LogP contribution is 2.18. The van der Waals surface area contributed by atoms with Gasteiger partial charge in [-0.05, 0) is 47.2 Å². The number of nitrogens with one attached hydrogen (secondary N) is 1. The molecule has 2 heterocycles. The molecule has 0 saturated carbocycles. The molecule has 150 valence electrons. The van der Waals surface area contributed by atoms with E-state index in [1.165, 1.54) is 11.9 Å². The molecule has 4 rings (SSSR count). The fourth-order valence-electron chi connectivity index (χ4n) is 3.36. The molecule has 1 saturated heterocycles. The third-order valence-electron chi connectivity index (χ3n) is 5.07. The van der Waals surface area contributed by atoms with E-state index in [0.29, 0.717) is 5.56 Å². The summed E-state index contributed by atoms with van der Waals surface area (Å²) in [5, 5.41) is 14.3. The van der Waals surface area contributed by atoms with Gasteiger partial charge in [0.1, 0.15) is 6.33 Å². The summed E-state index contributed by atoms with van der Waals surface area (Å²) >= 11 is 0. The molecule has 8 heteroatoms. The van der Waals surface area contributed by atoms with Crippen molar-refractivity contribution in [2.75, 3.05) is 32.8 Å². The molecule has 0 radical (unpaired) electrons. The van der Waals surface area contributed by atoms with Crippen LogP contribution in [0.25, 0.3) is 5.69 Å². The fraction of sp³-hybridized carbons (Fsp3) is 0.333. The number of hydrogen-bond acceptors (Lipinski definition) is 6. The summed E-state index contributed by atoms with van der Waals surface area (Å²) < 4.78 is 7.00. The van der Waals surface area contributed by atoms with E-state index in [9.17, 15) is 4.79 Å². The van der Waals surface area contributed by atoms with Crippen LogP contribution in [0.4, 0.5) is 0 Å². The topological polar surface area (TPSA) is 85.2 Å². The fourth-order valence-corrected chi connectivity index (χ4v) is 3.36. The molecular weight excluding hydrogens is 368 g/mol. The maximum atomic E-state index is 12.9. The number of tetrazole rings is 1. The van der Waals surface area contributed by atoms with Crippen molar-refractivity contribution in [2.45, 2.75) is 13.0 Å². The van der Waals surface area contributed by atoms with Gasteiger partial charge in [-0.2, -0.15) is 0 Å². The number of nitrogens with zero attached hydrogens (tertiary/aromatic N) is 5. The number of aryl methyl sites for hydroxylation is 1. The molecule has 1 fully saturated rings. The van der Waals surface area contributed by atoms with Crippen molar-refractivity contribution in [1.29, 1.82) is 0 Å². The molecule has 1 N–H and O–H groups in total. The van der Waals surface area contributed by atoms with Crippen LogP contribution in [0.3, 0.4) is 0 Å². The number of benzene rings is 2. The average molecular weight is 392 g/mol. The van der Waals surface area contributed by atoms with Crippen LogP contribution in [0.1, 0.15) is 27.5 Å². The van der Waals surface area contributed by atoms with Gasteiger partial charge in [0.15, 0.2) is 0 Å². The zero-order valence-electron chi connectivity index (χ0n) is 16.4. The predicted molar refractivity (Wildman–Crippen MR) is 108 cm³/mol. The molecule has 1 aromatic heterocycles. The summed E-state index contributed by atoms with van der Waals surface area (Å²) in [7, 11) is 0. The van der Waals surface area contributed by atoms with E-state index < -0.39 is 0 Å². The molecule has 3 aromatic rings. The van der Waals surface area contributed by atoms with Gasteiger partial charge in [-0.1, -0.05) is 29.8 Å². The van der Waals surface area contributed by atoms with Crippen LogP contribution < -0.4 is 5.32 Å². The van der Waals surface area contributed by atoms with Crippen molar-refractivity contribution in [2.24, 2.45) is 0 Å². The molecule has 29 heavy (non-hydrogen) atoms. The number of carbonyl (C=O) groups is 1. The molecule has 0 spiro atoms. The van der Waals surface area contributed by atoms with Gasteiger partial charge in [-0.3, -0.25) is 9.69 Å². The highest BCUT2D eigenvalue weighted by molar-refractivity contribution is 5.94. The van der Waals surface area contributed by atoms with Gasteiger partial charge < -0.3 is 10.1 Å². The zero-order chi connectivity index (χ0) is 20.1. The monoisotopic (exact) mass is 392 g/mol. The summed E-state index contributed by atoms with van der Waals surface area (Å²) in [6.45, 7) is 6.02. The van der Waals surface area contributed by atoms with Crippen LogP contribution in [0.2, 0.25) is 0 Å². The third kappa shape index (κ3) is 4.85. The van der Waals surface area contributed by atoms with Gasteiger partial charge in [0.2, 0.25) is 0 Å². The smallest absolute Gasteiger partial charge is 0.251 e. The number of morpholine rings is 1. The molecule has 1 aliphatic heterocycles. The molecule has 1 amide bonds. The summed E-state index contributed by atoms with van der Waals surface area (Å²) in [6.07, 6.45) is 1.52. The van der Waals surface area contributed by atoms with Crippen molar-refractivity contribution >= 4 is 5.91 Å². The van der Waals surface area contributed by atoms with Gasteiger partial charge in [0.05, 0.1) is 24.9 Å². The van der Waals surface area contributed by atoms with Crippen molar-refractivity contribution in [3.05, 3.63) is 71.5 Å². The molecule has 1 aliphatic rings. The van der Waals surface area contributed by atoms with E-state index in [1.54, 1.807) is 16.8 Å². The van der Waals surface area contributed by atoms with E-state index in [4.69, 9.17) is 4.74 Å². The Hall–Kier alpha value is -3.10. The van der Waals surface area contributed by atoms with Crippen molar-refractivity contribution in [1.82, 2.24) is 30.4 Å². The van der Waals surface area contributed by atoms with Crippen LogP contribution in [0.15, 0.2) is 54.9 Å². The molecule has 1 atom stereocenters. The standard InChI is InChI=1S/C21H24N6O2/c1-16-2-4-17(5-3-16)20(14-26-10-12-29-13-11-26)23-21(28)18-6-8-19(9-7-18)27-15-22-24-25-27/h2-9,15,20H,10-14H2,1H3,(H,23,28)/t20-/m0/s1. The van der Waals surface area contributed by atoms with Crippen LogP contribution in [0, 0.1) is 6.92 Å². The maximum absolute atomic E-state index is 12.9. The second-order valence-corrected chi connectivity index (χ2v) is 7.15. The minimum absolute atomic E-state index is 0.0969. The molecule has 2 aromatic carbocycles. The Morgan fingerprint density at radius 1 is 1.10 bits per heavy atom. The van der Waals surface area contributed by atoms with E-state index in [-0.39, 0.29) is 11.9 Å². The van der Waals surface area contributed by atoms with Gasteiger partial charge >= 0.3 is 0 Å². The zero-order valence-corrected chi connectivity index (χ0v) is 16.4. The molecule has 0 aliphatic carbocycles. The minimum atomic E-state index is -0.105. The summed E-state index contributed by atoms with van der Waals surface area (Å²) in [4.78, 5) is 15.3. The van der Waals surface area contributed by atoms with Crippen LogP contribution in [0.5, 0.6) is 0 Å². The number of ether oxygens (including phenoxy) is 1. The number of hydrogen-bond donors (Lipinski definition) is 1. The SMILES string of the molecule is Cc1ccc([C@H](CN2CCOCC2)NC(=O)c2ccc(-n3cnnn3)cc2)cc1. The Bertz CT molecular complexity index is 919. The number of amides is 1. The first-order chi connectivity index (χ1) is 14.2. The van der Waals surface area contributed by atoms with Crippen molar-refractivity contribution in [3.8, 4) is 5.69 Å². The van der Waals surface area contributed by atoms with E-state index in [0.717, 1.165) is 44.1 Å². The number of rotatable bonds is 6. The van der Waals surface area contributed by atoms with Crippen LogP contribution >= 0.6 is 0 Å². The van der Waals surface area contributed by atoms with Gasteiger partial charge in [0, 0.05) is 25.2 Å². The minimum Gasteiger partial charge on any atom is -0.379 e. The van der Waals surface area contributed by atoms with E-state index in [1.807, 2.05) is 12.1 Å². The first-order valence-electron chi connectivity index (χ1n) is 9.70. The Kier molecular flexibility index (Phi) is 5.92. The lowest BCUT2D eigenvalue weighted by Gasteiger charge is -2.31. The van der Waals surface area contributed by atoms with Crippen molar-refractivity contribution < 1.29 is 9.53 Å². The first kappa shape index (κ1) is 19.2. The van der Waals surface area contributed by atoms with Gasteiger partial charge in [-0.15, -0.1) is 5.10 Å². The average Bonchev–Trinajstić information content (AvgIpc) is 3.30. The summed E-state index contributed by atoms with van der Waals surface area (Å²) in [5.41, 5.74) is 3.69. The van der Waals surface area contributed by atoms with Crippen LogP contribution in [-0.2, 0) is 4.74 Å². The Morgan fingerprint density at radius 3 is 2.48 bits per heavy atom. The second kappa shape index (κ2) is 8.93. The maximum Gasteiger partial charge on any atom is 0.251 e. The lowest BCUT2D eigenvalue weighted by atomic mass is 10.0. The number of aromatic nitrogens is 4. The lowest BCUT2D eigenvalue weighted by Crippen LogP contribution is -2.43. The van der Waals surface area contributed by atoms with E-state index in [2.05, 4.69) is 56.9 Å². The quantitative estimate of drug-likeness (QED) is 0.688. The molecule has 8 nitrogen and oxygen atoms in total. The lowest BCUT2D eigenvalue weighted by molar-refractivity contribution is 0.0332. The Morgan fingerprint density at radius 2 is 1.83 bits per heavy atom. The van der Waals surface area contributed by atoms with Gasteiger partial charge in [-0.25, -0.2) is 4.68 Å². The summed E-state index contributed by atoms with van der Waals surface area (Å²) in [5.74, 6) is -0.105. The molecule has 0 unspecified atom stereocenters. The molecular formula is C21H24N6O2. The predicted octanol–water partition coefficient (Wildman–Crippen LogP) is 1.77. The molecule has 0 bridgehead atoms. The van der Waals surface area contributed by atoms with Gasteiger partial charge in [0.25, 0.3) is 5.91 Å². The largest absolute Gasteiger partial charge is 0.379 e. The third-order valence-corrected chi connectivity index (χ3v) is 5.07. The Labute approximate surface area is 169 Å². The van der Waals surface area contributed by atoms with E-state index >= 15 is 0 Å². The van der Waals surface area contributed by atoms with Crippen molar-refractivity contribution in [3.63, 3.8) is 0 Å². The highest BCUT2D eigenvalue weighted by Gasteiger charge is 2.21. The number of carbonyl (C=O) groups excluding carboxylic acids is 1. The normalized spacial score (nSPS) is 15.8. The highest BCUT2D eigenvalue weighted by atomic mass is 16.5. The first-order valence-corrected chi connectivity index (χ1v) is 9.70. The Balaban J connectivity index is 1.49.